The van der Waals surface area contributed by atoms with E-state index in [0.717, 1.165) is 6.42 Å². The van der Waals surface area contributed by atoms with E-state index in [1.807, 2.05) is 6.92 Å². The molecule has 1 rings (SSSR count). The predicted octanol–water partition coefficient (Wildman–Crippen LogP) is 0.457. The Morgan fingerprint density at radius 1 is 1.42 bits per heavy atom. The van der Waals surface area contributed by atoms with Gasteiger partial charge in [0, 0.05) is 13.0 Å². The van der Waals surface area contributed by atoms with Crippen molar-refractivity contribution in [1.82, 2.24) is 10.2 Å². The van der Waals surface area contributed by atoms with Gasteiger partial charge in [-0.25, -0.2) is 0 Å². The second kappa shape index (κ2) is 6.54. The molecule has 6 heteroatoms. The third-order valence-electron chi connectivity index (χ3n) is 3.36. The van der Waals surface area contributed by atoms with Crippen molar-refractivity contribution in [1.29, 1.82) is 0 Å². The minimum atomic E-state index is -0.848. The molecule has 1 N–H and O–H groups in total. The second-order valence-electron chi connectivity index (χ2n) is 4.81. The topological polar surface area (TPSA) is 75.7 Å². The van der Waals surface area contributed by atoms with Crippen LogP contribution >= 0.6 is 0 Å². The van der Waals surface area contributed by atoms with Crippen LogP contribution in [0.15, 0.2) is 0 Å². The standard InChI is InChI=1S/C13H22N2O4/c1-4-8-15-10(16)6-7-13(15,3)12(18)14-9-11(17)19-5-2/h4-9H2,1-3H3,(H,14,18). The summed E-state index contributed by atoms with van der Waals surface area (Å²) in [5.74, 6) is -0.763. The molecule has 1 aliphatic heterocycles. The highest BCUT2D eigenvalue weighted by molar-refractivity contribution is 5.95. The second-order valence-corrected chi connectivity index (χ2v) is 4.81. The van der Waals surface area contributed by atoms with Gasteiger partial charge < -0.3 is 15.0 Å². The minimum Gasteiger partial charge on any atom is -0.465 e. The number of likely N-dealkylation sites (tertiary alicyclic amines) is 1. The van der Waals surface area contributed by atoms with Crippen LogP contribution in [0.5, 0.6) is 0 Å². The number of carbonyl (C=O) groups is 3. The first-order chi connectivity index (χ1) is 8.95. The number of esters is 1. The number of amides is 2. The van der Waals surface area contributed by atoms with Crippen LogP contribution in [0.3, 0.4) is 0 Å². The molecule has 2 amide bonds. The van der Waals surface area contributed by atoms with E-state index in [9.17, 15) is 14.4 Å². The van der Waals surface area contributed by atoms with Crippen LogP contribution in [-0.4, -0.2) is 47.9 Å². The number of carbonyl (C=O) groups excluding carboxylic acids is 3. The van der Waals surface area contributed by atoms with Gasteiger partial charge in [0.15, 0.2) is 0 Å². The van der Waals surface area contributed by atoms with Crippen molar-refractivity contribution >= 4 is 17.8 Å². The van der Waals surface area contributed by atoms with E-state index in [1.165, 1.54) is 0 Å². The summed E-state index contributed by atoms with van der Waals surface area (Å²) in [4.78, 5) is 36.8. The number of hydrogen-bond donors (Lipinski definition) is 1. The molecular weight excluding hydrogens is 248 g/mol. The van der Waals surface area contributed by atoms with Crippen molar-refractivity contribution in [3.63, 3.8) is 0 Å². The lowest BCUT2D eigenvalue weighted by Crippen LogP contribution is -2.55. The van der Waals surface area contributed by atoms with Crippen molar-refractivity contribution in [3.8, 4) is 0 Å². The van der Waals surface area contributed by atoms with Crippen LogP contribution in [0.1, 0.15) is 40.0 Å². The average molecular weight is 270 g/mol. The molecule has 1 saturated heterocycles. The SMILES string of the molecule is CCCN1C(=O)CCC1(C)C(=O)NCC(=O)OCC. The molecular formula is C13H22N2O4. The Bertz CT molecular complexity index is 370. The van der Waals surface area contributed by atoms with Gasteiger partial charge >= 0.3 is 5.97 Å². The largest absolute Gasteiger partial charge is 0.465 e. The van der Waals surface area contributed by atoms with Crippen molar-refractivity contribution in [3.05, 3.63) is 0 Å². The summed E-state index contributed by atoms with van der Waals surface area (Å²) in [5, 5.41) is 2.55. The van der Waals surface area contributed by atoms with Crippen LogP contribution < -0.4 is 5.32 Å². The summed E-state index contributed by atoms with van der Waals surface area (Å²) in [6, 6.07) is 0. The van der Waals surface area contributed by atoms with Gasteiger partial charge in [0.25, 0.3) is 0 Å². The van der Waals surface area contributed by atoms with Gasteiger partial charge in [-0.3, -0.25) is 14.4 Å². The lowest BCUT2D eigenvalue weighted by molar-refractivity contribution is -0.145. The summed E-state index contributed by atoms with van der Waals surface area (Å²) in [5.41, 5.74) is -0.848. The molecule has 19 heavy (non-hydrogen) atoms. The first-order valence-electron chi connectivity index (χ1n) is 6.70. The zero-order valence-corrected chi connectivity index (χ0v) is 11.8. The molecule has 1 heterocycles. The minimum absolute atomic E-state index is 0.00404. The molecule has 1 unspecified atom stereocenters. The number of hydrogen-bond acceptors (Lipinski definition) is 4. The molecule has 0 radical (unpaired) electrons. The van der Waals surface area contributed by atoms with Crippen molar-refractivity contribution in [2.45, 2.75) is 45.6 Å². The third-order valence-corrected chi connectivity index (χ3v) is 3.36. The fourth-order valence-electron chi connectivity index (χ4n) is 2.28. The summed E-state index contributed by atoms with van der Waals surface area (Å²) in [6.45, 7) is 6.10. The maximum atomic E-state index is 12.2. The number of rotatable bonds is 6. The van der Waals surface area contributed by atoms with Crippen molar-refractivity contribution < 1.29 is 19.1 Å². The van der Waals surface area contributed by atoms with E-state index < -0.39 is 11.5 Å². The lowest BCUT2D eigenvalue weighted by Gasteiger charge is -2.33. The molecule has 0 aliphatic carbocycles. The molecule has 1 aliphatic rings. The van der Waals surface area contributed by atoms with Gasteiger partial charge in [0.2, 0.25) is 11.8 Å². The Morgan fingerprint density at radius 3 is 2.68 bits per heavy atom. The monoisotopic (exact) mass is 270 g/mol. The lowest BCUT2D eigenvalue weighted by atomic mass is 9.97. The molecule has 0 bridgehead atoms. The van der Waals surface area contributed by atoms with E-state index in [4.69, 9.17) is 4.74 Å². The zero-order valence-electron chi connectivity index (χ0n) is 11.8. The van der Waals surface area contributed by atoms with E-state index >= 15 is 0 Å². The van der Waals surface area contributed by atoms with Crippen molar-refractivity contribution in [2.24, 2.45) is 0 Å². The Morgan fingerprint density at radius 2 is 2.11 bits per heavy atom. The van der Waals surface area contributed by atoms with E-state index in [2.05, 4.69) is 5.32 Å². The van der Waals surface area contributed by atoms with Gasteiger partial charge in [-0.15, -0.1) is 0 Å². The zero-order chi connectivity index (χ0) is 14.5. The quantitative estimate of drug-likeness (QED) is 0.711. The highest BCUT2D eigenvalue weighted by atomic mass is 16.5. The fraction of sp³-hybridized carbons (Fsp3) is 0.769. The molecule has 1 atom stereocenters. The molecule has 0 aromatic rings. The molecule has 108 valence electrons. The van der Waals surface area contributed by atoms with Gasteiger partial charge in [0.05, 0.1) is 6.61 Å². The molecule has 0 spiro atoms. The molecule has 6 nitrogen and oxygen atoms in total. The molecule has 0 saturated carbocycles. The molecule has 0 aromatic heterocycles. The number of nitrogens with zero attached hydrogens (tertiary/aromatic N) is 1. The van der Waals surface area contributed by atoms with Crippen molar-refractivity contribution in [2.75, 3.05) is 19.7 Å². The van der Waals surface area contributed by atoms with Gasteiger partial charge in [-0.05, 0) is 26.7 Å². The smallest absolute Gasteiger partial charge is 0.325 e. The van der Waals surface area contributed by atoms with E-state index in [-0.39, 0.29) is 25.0 Å². The van der Waals surface area contributed by atoms with Crippen LogP contribution in [-0.2, 0) is 19.1 Å². The highest BCUT2D eigenvalue weighted by Crippen LogP contribution is 2.30. The first-order valence-corrected chi connectivity index (χ1v) is 6.70. The predicted molar refractivity (Wildman–Crippen MR) is 69.3 cm³/mol. The van der Waals surface area contributed by atoms with Gasteiger partial charge in [-0.1, -0.05) is 6.92 Å². The van der Waals surface area contributed by atoms with Crippen LogP contribution in [0.2, 0.25) is 0 Å². The number of nitrogens with one attached hydrogen (secondary N) is 1. The van der Waals surface area contributed by atoms with E-state index in [0.29, 0.717) is 19.4 Å². The maximum Gasteiger partial charge on any atom is 0.325 e. The Labute approximate surface area is 113 Å². The van der Waals surface area contributed by atoms with Crippen LogP contribution in [0.25, 0.3) is 0 Å². The third kappa shape index (κ3) is 3.45. The number of ether oxygens (including phenoxy) is 1. The Balaban J connectivity index is 2.63. The fourth-order valence-corrected chi connectivity index (χ4v) is 2.28. The molecule has 1 fully saturated rings. The molecule has 0 aromatic carbocycles. The summed E-state index contributed by atoms with van der Waals surface area (Å²) < 4.78 is 4.75. The Hall–Kier alpha value is -1.59. The summed E-state index contributed by atoms with van der Waals surface area (Å²) >= 11 is 0. The maximum absolute atomic E-state index is 12.2. The van der Waals surface area contributed by atoms with E-state index in [1.54, 1.807) is 18.7 Å². The van der Waals surface area contributed by atoms with Gasteiger partial charge in [0.1, 0.15) is 12.1 Å². The van der Waals surface area contributed by atoms with Gasteiger partial charge in [-0.2, -0.15) is 0 Å². The van der Waals surface area contributed by atoms with Crippen LogP contribution in [0, 0.1) is 0 Å². The average Bonchev–Trinajstić information content (AvgIpc) is 2.66. The normalized spacial score (nSPS) is 22.5. The summed E-state index contributed by atoms with van der Waals surface area (Å²) in [7, 11) is 0. The Kier molecular flexibility index (Phi) is 5.32. The first kappa shape index (κ1) is 15.5. The highest BCUT2D eigenvalue weighted by Gasteiger charge is 2.46. The van der Waals surface area contributed by atoms with Crippen LogP contribution in [0.4, 0.5) is 0 Å². The summed E-state index contributed by atoms with van der Waals surface area (Å²) in [6.07, 6.45) is 1.66.